The Labute approximate surface area is 438 Å². The molecular formula is C51H68BClN16O5. The van der Waals surface area contributed by atoms with Gasteiger partial charge in [0.05, 0.1) is 30.4 Å². The maximum Gasteiger partial charge on any atom is 0.376 e. The van der Waals surface area contributed by atoms with Gasteiger partial charge in [0.1, 0.15) is 34.3 Å². The number of pyridine rings is 2. The summed E-state index contributed by atoms with van der Waals surface area (Å²) in [7, 11) is 7.12. The Kier molecular flexibility index (Phi) is 18.9. The number of anilines is 6. The zero-order valence-corrected chi connectivity index (χ0v) is 44.1. The Bertz CT molecular complexity index is 2870. The predicted molar refractivity (Wildman–Crippen MR) is 290 cm³/mol. The van der Waals surface area contributed by atoms with E-state index in [1.54, 1.807) is 63.6 Å². The van der Waals surface area contributed by atoms with E-state index in [4.69, 9.17) is 19.9 Å². The third kappa shape index (κ3) is 13.3. The second-order valence-corrected chi connectivity index (χ2v) is 19.1. The molecule has 23 heteroatoms. The number of hydrogen-bond acceptors (Lipinski definition) is 17. The number of carbonyl (C=O) groups is 3. The highest BCUT2D eigenvalue weighted by atomic mass is 35.5. The van der Waals surface area contributed by atoms with Gasteiger partial charge in [-0.3, -0.25) is 14.4 Å². The highest BCUT2D eigenvalue weighted by molar-refractivity contribution is 6.52. The van der Waals surface area contributed by atoms with Crippen LogP contribution in [0.5, 0.6) is 0 Å². The number of carbonyl (C=O) groups excluding carboxylic acids is 3. The fourth-order valence-electron chi connectivity index (χ4n) is 9.94. The van der Waals surface area contributed by atoms with Crippen molar-refractivity contribution in [2.75, 3.05) is 94.5 Å². The van der Waals surface area contributed by atoms with Gasteiger partial charge in [0.2, 0.25) is 11.9 Å². The monoisotopic (exact) mass is 1030 g/mol. The maximum atomic E-state index is 12.9. The lowest BCUT2D eigenvalue weighted by Gasteiger charge is -2.30. The van der Waals surface area contributed by atoms with Crippen molar-refractivity contribution in [3.63, 3.8) is 0 Å². The minimum absolute atomic E-state index is 0. The first-order chi connectivity index (χ1) is 35.4. The van der Waals surface area contributed by atoms with Gasteiger partial charge in [-0.15, -0.1) is 12.4 Å². The summed E-state index contributed by atoms with van der Waals surface area (Å²) in [5.41, 5.74) is 5.08. The fourth-order valence-corrected chi connectivity index (χ4v) is 9.94. The summed E-state index contributed by atoms with van der Waals surface area (Å²) in [5, 5.41) is 20.3. The molecule has 0 unspecified atom stereocenters. The Morgan fingerprint density at radius 2 is 1.15 bits per heavy atom. The zero-order chi connectivity index (χ0) is 51.4. The quantitative estimate of drug-likeness (QED) is 0.0613. The van der Waals surface area contributed by atoms with Crippen LogP contribution in [0.3, 0.4) is 0 Å². The topological polar surface area (TPSA) is 230 Å². The largest absolute Gasteiger partial charge is 0.497 e. The molecule has 0 spiro atoms. The molecule has 4 aliphatic rings. The summed E-state index contributed by atoms with van der Waals surface area (Å²) in [6.07, 6.45) is 19.6. The summed E-state index contributed by atoms with van der Waals surface area (Å²) in [6, 6.07) is 12.4. The molecule has 0 bridgehead atoms. The highest BCUT2D eigenvalue weighted by Gasteiger charge is 2.29. The van der Waals surface area contributed by atoms with Gasteiger partial charge in [0.25, 0.3) is 18.1 Å². The first-order valence-electron chi connectivity index (χ1n) is 25.4. The number of aromatic nitrogens is 8. The summed E-state index contributed by atoms with van der Waals surface area (Å²) in [4.78, 5) is 71.0. The van der Waals surface area contributed by atoms with Crippen molar-refractivity contribution >= 4 is 94.1 Å². The van der Waals surface area contributed by atoms with E-state index in [-0.39, 0.29) is 43.1 Å². The molecule has 392 valence electrons. The summed E-state index contributed by atoms with van der Waals surface area (Å²) < 4.78 is 13.7. The molecule has 6 aromatic rings. The molecule has 2 amide bonds. The Hall–Kier alpha value is -7.25. The van der Waals surface area contributed by atoms with Crippen LogP contribution < -0.4 is 25.8 Å². The number of halogens is 1. The first-order valence-corrected chi connectivity index (χ1v) is 25.4. The molecule has 0 radical (unpaired) electrons. The van der Waals surface area contributed by atoms with E-state index in [9.17, 15) is 14.4 Å². The van der Waals surface area contributed by atoms with Crippen LogP contribution in [0.4, 0.5) is 34.9 Å². The summed E-state index contributed by atoms with van der Waals surface area (Å²) >= 11 is 0. The van der Waals surface area contributed by atoms with Crippen LogP contribution in [0.15, 0.2) is 61.2 Å². The maximum absolute atomic E-state index is 12.9. The third-order valence-corrected chi connectivity index (χ3v) is 13.6. The second-order valence-electron chi connectivity index (χ2n) is 19.1. The highest BCUT2D eigenvalue weighted by Crippen LogP contribution is 2.36. The number of rotatable bonds is 12. The van der Waals surface area contributed by atoms with Crippen molar-refractivity contribution in [1.29, 1.82) is 5.26 Å². The van der Waals surface area contributed by atoms with Crippen molar-refractivity contribution in [2.45, 2.75) is 89.9 Å². The van der Waals surface area contributed by atoms with Gasteiger partial charge in [-0.1, -0.05) is 25.7 Å². The second kappa shape index (κ2) is 25.6. The third-order valence-electron chi connectivity index (χ3n) is 13.6. The Balaban J connectivity index is 0.000000193. The molecule has 0 aromatic carbocycles. The summed E-state index contributed by atoms with van der Waals surface area (Å²) in [6.45, 7) is 9.27. The van der Waals surface area contributed by atoms with Crippen LogP contribution in [-0.4, -0.2) is 148 Å². The number of amides is 2. The van der Waals surface area contributed by atoms with E-state index in [1.807, 2.05) is 42.7 Å². The molecule has 6 aromatic heterocycles. The standard InChI is InChI=1S/C24H29BN8O2.C23H30N8O.C4H8O2.ClH/c1-31(2)23(34)20-13-17-14-28-24(30-22(17)33(20)18-5-3-4-6-18)29-21-8-7-19(15-27-21)32-11-9-25(10-12-32)35-16-26;1-29(2)22(32)19-13-16-14-26-23(28-21(16)31(19)17-5-3-4-6-17)27-20-8-7-18(15-25-20)30-11-9-24-10-12-30;1-3-6-4(2)5;/h7-8,13-15,18H,3-6,9-12H2,1-2H3,(H,27,28,29,30);7-8,13-15,17,24H,3-6,9-12H2,1-2H3,(H,25,26,27,28);3H2,1-2H3;1H. The molecule has 2 aliphatic carbocycles. The summed E-state index contributed by atoms with van der Waals surface area (Å²) in [5.74, 6) is 2.05. The van der Waals surface area contributed by atoms with Gasteiger partial charge in [-0.2, -0.15) is 15.2 Å². The van der Waals surface area contributed by atoms with Gasteiger partial charge >= 0.3 is 12.9 Å². The normalized spacial score (nSPS) is 15.8. The van der Waals surface area contributed by atoms with Crippen LogP contribution in [0.1, 0.15) is 98.3 Å². The molecule has 21 nitrogen and oxygen atoms in total. The lowest BCUT2D eigenvalue weighted by atomic mass is 9.59. The van der Waals surface area contributed by atoms with Crippen molar-refractivity contribution in [1.82, 2.24) is 54.2 Å². The molecule has 2 aliphatic heterocycles. The van der Waals surface area contributed by atoms with E-state index in [1.165, 1.54) is 19.8 Å². The lowest BCUT2D eigenvalue weighted by Crippen LogP contribution is -2.43. The number of nitrogens with zero attached hydrogens (tertiary/aromatic N) is 13. The smallest absolute Gasteiger partial charge is 0.376 e. The minimum Gasteiger partial charge on any atom is -0.497 e. The Morgan fingerprint density at radius 3 is 1.51 bits per heavy atom. The molecule has 2 saturated carbocycles. The molecule has 74 heavy (non-hydrogen) atoms. The van der Waals surface area contributed by atoms with E-state index in [0.717, 1.165) is 124 Å². The van der Waals surface area contributed by atoms with Crippen LogP contribution in [0.25, 0.3) is 22.1 Å². The minimum atomic E-state index is -0.211. The Morgan fingerprint density at radius 1 is 0.703 bits per heavy atom. The zero-order valence-electron chi connectivity index (χ0n) is 43.3. The molecule has 2 saturated heterocycles. The van der Waals surface area contributed by atoms with Crippen LogP contribution in [0.2, 0.25) is 12.6 Å². The van der Waals surface area contributed by atoms with E-state index in [2.05, 4.69) is 65.6 Å². The predicted octanol–water partition coefficient (Wildman–Crippen LogP) is 7.48. The molecule has 3 N–H and O–H groups in total. The van der Waals surface area contributed by atoms with E-state index >= 15 is 0 Å². The number of hydrogen-bond donors (Lipinski definition) is 3. The number of esters is 1. The van der Waals surface area contributed by atoms with Gasteiger partial charge in [-0.05, 0) is 81.6 Å². The molecule has 4 fully saturated rings. The van der Waals surface area contributed by atoms with Gasteiger partial charge in [0.15, 0.2) is 0 Å². The number of piperazine rings is 1. The fraction of sp³-hybridized carbons (Fsp3) is 0.490. The lowest BCUT2D eigenvalue weighted by molar-refractivity contribution is -0.140. The van der Waals surface area contributed by atoms with Crippen molar-refractivity contribution in [3.8, 4) is 6.26 Å². The van der Waals surface area contributed by atoms with Crippen molar-refractivity contribution in [3.05, 3.63) is 72.6 Å². The number of nitrogens with one attached hydrogen (secondary N) is 3. The molecule has 8 heterocycles. The van der Waals surface area contributed by atoms with Crippen LogP contribution in [0, 0.1) is 11.5 Å². The van der Waals surface area contributed by atoms with E-state index < -0.39 is 0 Å². The average molecular weight is 1030 g/mol. The molecule has 10 rings (SSSR count). The van der Waals surface area contributed by atoms with E-state index in [0.29, 0.717) is 47.6 Å². The first kappa shape index (κ1) is 54.5. The van der Waals surface area contributed by atoms with Crippen molar-refractivity contribution < 1.29 is 23.8 Å². The molecule has 0 atom stereocenters. The average Bonchev–Trinajstić information content (AvgIpc) is 4.25. The number of fused-ring (bicyclic) bond motifs is 2. The van der Waals surface area contributed by atoms with Crippen LogP contribution >= 0.6 is 12.4 Å². The van der Waals surface area contributed by atoms with Crippen LogP contribution in [-0.2, 0) is 14.2 Å². The number of ether oxygens (including phenoxy) is 1. The van der Waals surface area contributed by atoms with Gasteiger partial charge in [0, 0.05) is 110 Å². The SMILES string of the molecule is CCOC(C)=O.CN(C)C(=O)c1cc2cnc(Nc3ccc(N4CCB(OC#N)CC4)cn3)nc2n1C1CCCC1.CN(C)C(=O)c1cc2cnc(Nc3ccc(N4CCNCC4)cn3)nc2n1C1CCCC1.Cl. The molecular weight excluding hydrogens is 963 g/mol. The van der Waals surface area contributed by atoms with Gasteiger partial charge in [-0.25, -0.2) is 19.9 Å². The number of nitriles is 1. The van der Waals surface area contributed by atoms with Gasteiger partial charge < -0.3 is 54.1 Å². The van der Waals surface area contributed by atoms with Crippen molar-refractivity contribution in [2.24, 2.45) is 0 Å².